The minimum atomic E-state index is -0.637. The molecule has 1 rings (SSSR count). The fraction of sp³-hybridized carbons (Fsp3) is 0.727. The van der Waals surface area contributed by atoms with Gasteiger partial charge in [-0.2, -0.15) is 0 Å². The van der Waals surface area contributed by atoms with Gasteiger partial charge in [0.05, 0.1) is 29.5 Å². The van der Waals surface area contributed by atoms with Crippen LogP contribution in [-0.4, -0.2) is 33.9 Å². The van der Waals surface area contributed by atoms with Gasteiger partial charge in [-0.05, 0) is 6.92 Å². The summed E-state index contributed by atoms with van der Waals surface area (Å²) in [5.74, 6) is 0.445. The molecule has 0 aliphatic rings. The van der Waals surface area contributed by atoms with Crippen molar-refractivity contribution in [3.05, 3.63) is 16.1 Å². The molecule has 3 N–H and O–H groups in total. The van der Waals surface area contributed by atoms with E-state index < -0.39 is 5.54 Å². The fourth-order valence-corrected chi connectivity index (χ4v) is 1.97. The van der Waals surface area contributed by atoms with Crippen LogP contribution in [0.4, 0.5) is 0 Å². The van der Waals surface area contributed by atoms with Crippen LogP contribution in [0.1, 0.15) is 37.4 Å². The van der Waals surface area contributed by atoms with Crippen molar-refractivity contribution < 1.29 is 10.2 Å². The Labute approximate surface area is 100 Å². The van der Waals surface area contributed by atoms with Gasteiger partial charge < -0.3 is 15.5 Å². The summed E-state index contributed by atoms with van der Waals surface area (Å²) in [6.45, 7) is 6.39. The molecule has 0 fully saturated rings. The van der Waals surface area contributed by atoms with Gasteiger partial charge in [-0.25, -0.2) is 4.98 Å². The third-order valence-corrected chi connectivity index (χ3v) is 3.65. The standard InChI is InChI=1S/C11H20N2O2S/c1-8(2)10-13-9(5-16-10)4-12-11(3,6-14)7-15/h5,8,12,14-15H,4,6-7H2,1-3H3. The first kappa shape index (κ1) is 13.6. The number of aromatic nitrogens is 1. The molecule has 0 radical (unpaired) electrons. The van der Waals surface area contributed by atoms with Crippen LogP contribution < -0.4 is 5.32 Å². The number of hydrogen-bond acceptors (Lipinski definition) is 5. The van der Waals surface area contributed by atoms with E-state index in [1.54, 1.807) is 18.3 Å². The van der Waals surface area contributed by atoms with Crippen molar-refractivity contribution >= 4 is 11.3 Å². The molecule has 4 nitrogen and oxygen atoms in total. The molecule has 16 heavy (non-hydrogen) atoms. The lowest BCUT2D eigenvalue weighted by Crippen LogP contribution is -2.48. The van der Waals surface area contributed by atoms with Crippen molar-refractivity contribution in [2.45, 2.75) is 38.8 Å². The minimum Gasteiger partial charge on any atom is -0.394 e. The largest absolute Gasteiger partial charge is 0.394 e. The average Bonchev–Trinajstić information content (AvgIpc) is 2.75. The normalized spacial score (nSPS) is 12.4. The van der Waals surface area contributed by atoms with Gasteiger partial charge in [0, 0.05) is 17.8 Å². The molecule has 0 bridgehead atoms. The van der Waals surface area contributed by atoms with E-state index >= 15 is 0 Å². The topological polar surface area (TPSA) is 65.4 Å². The number of nitrogens with zero attached hydrogens (tertiary/aromatic N) is 1. The van der Waals surface area contributed by atoms with Gasteiger partial charge in [-0.15, -0.1) is 11.3 Å². The molecule has 92 valence electrons. The first-order chi connectivity index (χ1) is 7.50. The summed E-state index contributed by atoms with van der Waals surface area (Å²) >= 11 is 1.65. The molecule has 1 aromatic heterocycles. The Morgan fingerprint density at radius 1 is 1.44 bits per heavy atom. The van der Waals surface area contributed by atoms with E-state index in [0.717, 1.165) is 10.7 Å². The Kier molecular flexibility index (Phi) is 4.86. The van der Waals surface area contributed by atoms with Crippen LogP contribution in [0.15, 0.2) is 5.38 Å². The highest BCUT2D eigenvalue weighted by molar-refractivity contribution is 7.09. The molecule has 0 amide bonds. The first-order valence-corrected chi connectivity index (χ1v) is 6.30. The first-order valence-electron chi connectivity index (χ1n) is 5.42. The quantitative estimate of drug-likeness (QED) is 0.701. The molecule has 1 heterocycles. The molecular weight excluding hydrogens is 224 g/mol. The zero-order valence-electron chi connectivity index (χ0n) is 10.0. The van der Waals surface area contributed by atoms with Gasteiger partial charge in [-0.1, -0.05) is 13.8 Å². The van der Waals surface area contributed by atoms with E-state index in [-0.39, 0.29) is 13.2 Å². The summed E-state index contributed by atoms with van der Waals surface area (Å²) in [6, 6.07) is 0. The van der Waals surface area contributed by atoms with Gasteiger partial charge in [0.1, 0.15) is 0 Å². The van der Waals surface area contributed by atoms with Gasteiger partial charge >= 0.3 is 0 Å². The number of thiazole rings is 1. The van der Waals surface area contributed by atoms with E-state index in [2.05, 4.69) is 24.1 Å². The highest BCUT2D eigenvalue weighted by Gasteiger charge is 2.21. The molecule has 0 aliphatic carbocycles. The summed E-state index contributed by atoms with van der Waals surface area (Å²) in [5, 5.41) is 24.5. The summed E-state index contributed by atoms with van der Waals surface area (Å²) < 4.78 is 0. The molecular formula is C11H20N2O2S. The van der Waals surface area contributed by atoms with Crippen LogP contribution in [0.2, 0.25) is 0 Å². The van der Waals surface area contributed by atoms with Gasteiger partial charge in [0.2, 0.25) is 0 Å². The second kappa shape index (κ2) is 5.72. The highest BCUT2D eigenvalue weighted by Crippen LogP contribution is 2.19. The minimum absolute atomic E-state index is 0.0926. The van der Waals surface area contributed by atoms with Gasteiger partial charge in [-0.3, -0.25) is 0 Å². The SMILES string of the molecule is CC(C)c1nc(CNC(C)(CO)CO)cs1. The van der Waals surface area contributed by atoms with Crippen molar-refractivity contribution in [3.8, 4) is 0 Å². The predicted octanol–water partition coefficient (Wildman–Crippen LogP) is 1.10. The van der Waals surface area contributed by atoms with E-state index in [4.69, 9.17) is 10.2 Å². The molecule has 0 aromatic carbocycles. The average molecular weight is 244 g/mol. The second-order valence-corrected chi connectivity index (χ2v) is 5.45. The third-order valence-electron chi connectivity index (χ3n) is 2.46. The van der Waals surface area contributed by atoms with Crippen LogP contribution in [0.5, 0.6) is 0 Å². The van der Waals surface area contributed by atoms with E-state index in [0.29, 0.717) is 12.5 Å². The summed E-state index contributed by atoms with van der Waals surface area (Å²) in [4.78, 5) is 4.47. The molecule has 5 heteroatoms. The van der Waals surface area contributed by atoms with Crippen LogP contribution in [0.25, 0.3) is 0 Å². The number of hydrogen-bond donors (Lipinski definition) is 3. The van der Waals surface area contributed by atoms with Gasteiger partial charge in [0.15, 0.2) is 0 Å². The smallest absolute Gasteiger partial charge is 0.0954 e. The molecule has 0 spiro atoms. The van der Waals surface area contributed by atoms with Crippen LogP contribution in [0.3, 0.4) is 0 Å². The molecule has 0 saturated heterocycles. The number of nitrogens with one attached hydrogen (secondary N) is 1. The summed E-state index contributed by atoms with van der Waals surface area (Å²) in [6.07, 6.45) is 0. The Balaban J connectivity index is 2.54. The molecule has 1 aromatic rings. The Hall–Kier alpha value is -0.490. The van der Waals surface area contributed by atoms with Crippen molar-refractivity contribution in [1.82, 2.24) is 10.3 Å². The summed E-state index contributed by atoms with van der Waals surface area (Å²) in [7, 11) is 0. The maximum Gasteiger partial charge on any atom is 0.0954 e. The number of aliphatic hydroxyl groups excluding tert-OH is 2. The monoisotopic (exact) mass is 244 g/mol. The van der Waals surface area contributed by atoms with Crippen LogP contribution in [-0.2, 0) is 6.54 Å². The van der Waals surface area contributed by atoms with E-state index in [1.165, 1.54) is 0 Å². The predicted molar refractivity (Wildman–Crippen MR) is 65.6 cm³/mol. The Morgan fingerprint density at radius 3 is 2.50 bits per heavy atom. The maximum absolute atomic E-state index is 9.12. The lowest BCUT2D eigenvalue weighted by molar-refractivity contribution is 0.103. The van der Waals surface area contributed by atoms with E-state index in [9.17, 15) is 0 Å². The van der Waals surface area contributed by atoms with Crippen LogP contribution >= 0.6 is 11.3 Å². The zero-order valence-corrected chi connectivity index (χ0v) is 10.8. The van der Waals surface area contributed by atoms with Crippen molar-refractivity contribution in [2.24, 2.45) is 0 Å². The molecule has 0 aliphatic heterocycles. The number of rotatable bonds is 6. The lowest BCUT2D eigenvalue weighted by Gasteiger charge is -2.25. The maximum atomic E-state index is 9.12. The van der Waals surface area contributed by atoms with Crippen molar-refractivity contribution in [1.29, 1.82) is 0 Å². The molecule has 0 atom stereocenters. The molecule has 0 unspecified atom stereocenters. The Bertz CT molecular complexity index is 322. The number of aliphatic hydroxyl groups is 2. The zero-order chi connectivity index (χ0) is 12.2. The summed E-state index contributed by atoms with van der Waals surface area (Å²) in [5.41, 5.74) is 0.323. The lowest BCUT2D eigenvalue weighted by atomic mass is 10.1. The molecule has 0 saturated carbocycles. The van der Waals surface area contributed by atoms with Crippen LogP contribution in [0, 0.1) is 0 Å². The van der Waals surface area contributed by atoms with Gasteiger partial charge in [0.25, 0.3) is 0 Å². The Morgan fingerprint density at radius 2 is 2.06 bits per heavy atom. The second-order valence-electron chi connectivity index (χ2n) is 4.56. The highest BCUT2D eigenvalue weighted by atomic mass is 32.1. The fourth-order valence-electron chi connectivity index (χ4n) is 1.13. The van der Waals surface area contributed by atoms with Crippen molar-refractivity contribution in [3.63, 3.8) is 0 Å². The van der Waals surface area contributed by atoms with E-state index in [1.807, 2.05) is 5.38 Å². The van der Waals surface area contributed by atoms with Crippen molar-refractivity contribution in [2.75, 3.05) is 13.2 Å². The third kappa shape index (κ3) is 3.52.